The molecule has 2 unspecified atom stereocenters. The highest BCUT2D eigenvalue weighted by atomic mass is 35.5. The molecule has 0 aromatic carbocycles. The Balaban J connectivity index is 0.000000720. The summed E-state index contributed by atoms with van der Waals surface area (Å²) in [4.78, 5) is 11.1. The molecular weight excluding hydrogens is 176 g/mol. The first-order chi connectivity index (χ1) is 5.34. The minimum Gasteiger partial charge on any atom is -0.354 e. The second-order valence-electron chi connectivity index (χ2n) is 3.50. The molecule has 2 aliphatic rings. The lowest BCUT2D eigenvalue weighted by molar-refractivity contribution is -0.121. The smallest absolute Gasteiger partial charge is 0.221 e. The van der Waals surface area contributed by atoms with Gasteiger partial charge < -0.3 is 10.6 Å². The van der Waals surface area contributed by atoms with Crippen LogP contribution in [-0.4, -0.2) is 24.5 Å². The van der Waals surface area contributed by atoms with Crippen LogP contribution in [0, 0.1) is 0 Å². The molecule has 2 heterocycles. The number of hydrogen-bond acceptors (Lipinski definition) is 2. The maximum absolute atomic E-state index is 11.1. The van der Waals surface area contributed by atoms with E-state index >= 15 is 0 Å². The van der Waals surface area contributed by atoms with Gasteiger partial charge in [0.1, 0.15) is 0 Å². The van der Waals surface area contributed by atoms with E-state index in [1.165, 1.54) is 19.3 Å². The molecule has 0 aromatic heterocycles. The van der Waals surface area contributed by atoms with E-state index in [1.54, 1.807) is 0 Å². The average molecular weight is 191 g/mol. The van der Waals surface area contributed by atoms with Gasteiger partial charge in [-0.1, -0.05) is 6.42 Å². The summed E-state index contributed by atoms with van der Waals surface area (Å²) in [7, 11) is 0. The largest absolute Gasteiger partial charge is 0.354 e. The van der Waals surface area contributed by atoms with Crippen LogP contribution in [0.25, 0.3) is 0 Å². The normalized spacial score (nSPS) is 34.5. The quantitative estimate of drug-likeness (QED) is 0.582. The third-order valence-corrected chi connectivity index (χ3v) is 2.55. The molecule has 0 aliphatic carbocycles. The third kappa shape index (κ3) is 2.11. The number of piperidine rings is 1. The number of rotatable bonds is 0. The van der Waals surface area contributed by atoms with Gasteiger partial charge in [-0.3, -0.25) is 4.79 Å². The van der Waals surface area contributed by atoms with Gasteiger partial charge in [0, 0.05) is 25.0 Å². The van der Waals surface area contributed by atoms with Gasteiger partial charge in [0.2, 0.25) is 5.91 Å². The Labute approximate surface area is 78.7 Å². The molecule has 3 nitrogen and oxygen atoms in total. The predicted molar refractivity (Wildman–Crippen MR) is 49.4 cm³/mol. The minimum atomic E-state index is 0. The van der Waals surface area contributed by atoms with Crippen LogP contribution in [0.3, 0.4) is 0 Å². The predicted octanol–water partition coefficient (Wildman–Crippen LogP) is 0.439. The number of carbonyl (C=O) groups excluding carboxylic acids is 1. The lowest BCUT2D eigenvalue weighted by Crippen LogP contribution is -2.43. The van der Waals surface area contributed by atoms with Crippen molar-refractivity contribution in [3.63, 3.8) is 0 Å². The number of nitrogens with one attached hydrogen (secondary N) is 2. The summed E-state index contributed by atoms with van der Waals surface area (Å²) in [5.41, 5.74) is 0. The van der Waals surface area contributed by atoms with E-state index in [0.717, 1.165) is 6.54 Å². The first kappa shape index (κ1) is 9.81. The Morgan fingerprint density at radius 2 is 2.00 bits per heavy atom. The van der Waals surface area contributed by atoms with Crippen LogP contribution >= 0.6 is 12.4 Å². The molecule has 0 radical (unpaired) electrons. The molecule has 2 rings (SSSR count). The van der Waals surface area contributed by atoms with Gasteiger partial charge in [-0.05, 0) is 12.8 Å². The molecule has 2 aliphatic heterocycles. The Kier molecular flexibility index (Phi) is 3.35. The Hall–Kier alpha value is -0.280. The summed E-state index contributed by atoms with van der Waals surface area (Å²) in [6, 6.07) is 0.997. The van der Waals surface area contributed by atoms with E-state index in [0.29, 0.717) is 18.5 Å². The molecule has 4 heteroatoms. The fourth-order valence-corrected chi connectivity index (χ4v) is 1.97. The molecule has 2 bridgehead atoms. The van der Waals surface area contributed by atoms with E-state index in [1.807, 2.05) is 0 Å². The molecule has 1 amide bonds. The summed E-state index contributed by atoms with van der Waals surface area (Å²) in [6.45, 7) is 0.829. The third-order valence-electron chi connectivity index (χ3n) is 2.55. The molecule has 2 N–H and O–H groups in total. The SMILES string of the molecule is Cl.O=C1CC2CCCC(CN1)N2. The zero-order chi connectivity index (χ0) is 7.68. The molecule has 12 heavy (non-hydrogen) atoms. The Bertz CT molecular complexity index is 174. The first-order valence-electron chi connectivity index (χ1n) is 4.37. The van der Waals surface area contributed by atoms with Crippen LogP contribution in [0.2, 0.25) is 0 Å². The summed E-state index contributed by atoms with van der Waals surface area (Å²) in [5, 5.41) is 6.38. The molecular formula is C8H15ClN2O. The van der Waals surface area contributed by atoms with E-state index in [-0.39, 0.29) is 18.3 Å². The topological polar surface area (TPSA) is 41.1 Å². The van der Waals surface area contributed by atoms with Crippen LogP contribution in [0.1, 0.15) is 25.7 Å². The fraction of sp³-hybridized carbons (Fsp3) is 0.875. The lowest BCUT2D eigenvalue weighted by Gasteiger charge is -2.26. The van der Waals surface area contributed by atoms with Gasteiger partial charge in [0.15, 0.2) is 0 Å². The highest BCUT2D eigenvalue weighted by Gasteiger charge is 2.26. The van der Waals surface area contributed by atoms with Crippen molar-refractivity contribution in [1.82, 2.24) is 10.6 Å². The van der Waals surface area contributed by atoms with Gasteiger partial charge in [-0.15, -0.1) is 12.4 Å². The molecule has 0 aromatic rings. The monoisotopic (exact) mass is 190 g/mol. The van der Waals surface area contributed by atoms with Crippen LogP contribution < -0.4 is 10.6 Å². The highest BCUT2D eigenvalue weighted by Crippen LogP contribution is 2.16. The van der Waals surface area contributed by atoms with E-state index < -0.39 is 0 Å². The summed E-state index contributed by atoms with van der Waals surface area (Å²) >= 11 is 0. The maximum atomic E-state index is 11.1. The molecule has 2 saturated heterocycles. The van der Waals surface area contributed by atoms with Crippen LogP contribution in [0.4, 0.5) is 0 Å². The van der Waals surface area contributed by atoms with E-state index in [9.17, 15) is 4.79 Å². The number of amides is 1. The highest BCUT2D eigenvalue weighted by molar-refractivity contribution is 5.85. The average Bonchev–Trinajstić information content (AvgIpc) is 2.12. The summed E-state index contributed by atoms with van der Waals surface area (Å²) < 4.78 is 0. The summed E-state index contributed by atoms with van der Waals surface area (Å²) in [6.07, 6.45) is 4.34. The van der Waals surface area contributed by atoms with Crippen molar-refractivity contribution in [2.45, 2.75) is 37.8 Å². The van der Waals surface area contributed by atoms with Gasteiger partial charge >= 0.3 is 0 Å². The van der Waals surface area contributed by atoms with Gasteiger partial charge in [0.05, 0.1) is 0 Å². The standard InChI is InChI=1S/C8H14N2O.ClH/c11-8-4-6-2-1-3-7(10-6)5-9-8;/h6-7,10H,1-5H2,(H,9,11);1H. The number of halogens is 1. The minimum absolute atomic E-state index is 0. The molecule has 70 valence electrons. The number of fused-ring (bicyclic) bond motifs is 2. The molecule has 0 spiro atoms. The molecule has 0 saturated carbocycles. The second kappa shape index (κ2) is 4.10. The van der Waals surface area contributed by atoms with Crippen molar-refractivity contribution in [2.24, 2.45) is 0 Å². The Morgan fingerprint density at radius 3 is 2.83 bits per heavy atom. The fourth-order valence-electron chi connectivity index (χ4n) is 1.97. The van der Waals surface area contributed by atoms with Crippen molar-refractivity contribution in [2.75, 3.05) is 6.54 Å². The van der Waals surface area contributed by atoms with Gasteiger partial charge in [-0.25, -0.2) is 0 Å². The number of hydrogen-bond donors (Lipinski definition) is 2. The second-order valence-corrected chi connectivity index (χ2v) is 3.50. The zero-order valence-electron chi connectivity index (χ0n) is 7.01. The maximum Gasteiger partial charge on any atom is 0.221 e. The van der Waals surface area contributed by atoms with Crippen LogP contribution in [0.15, 0.2) is 0 Å². The van der Waals surface area contributed by atoms with Crippen molar-refractivity contribution < 1.29 is 4.79 Å². The van der Waals surface area contributed by atoms with E-state index in [2.05, 4.69) is 10.6 Å². The molecule has 2 fully saturated rings. The van der Waals surface area contributed by atoms with E-state index in [4.69, 9.17) is 0 Å². The van der Waals surface area contributed by atoms with Crippen molar-refractivity contribution in [3.8, 4) is 0 Å². The van der Waals surface area contributed by atoms with Crippen molar-refractivity contribution in [3.05, 3.63) is 0 Å². The number of carbonyl (C=O) groups is 1. The van der Waals surface area contributed by atoms with Crippen molar-refractivity contribution >= 4 is 18.3 Å². The first-order valence-corrected chi connectivity index (χ1v) is 4.37. The zero-order valence-corrected chi connectivity index (χ0v) is 7.82. The van der Waals surface area contributed by atoms with Crippen LogP contribution in [0.5, 0.6) is 0 Å². The van der Waals surface area contributed by atoms with Gasteiger partial charge in [-0.2, -0.15) is 0 Å². The van der Waals surface area contributed by atoms with Gasteiger partial charge in [0.25, 0.3) is 0 Å². The van der Waals surface area contributed by atoms with Crippen molar-refractivity contribution in [1.29, 1.82) is 0 Å². The van der Waals surface area contributed by atoms with Crippen LogP contribution in [-0.2, 0) is 4.79 Å². The molecule has 2 atom stereocenters. The lowest BCUT2D eigenvalue weighted by atomic mass is 9.98. The Morgan fingerprint density at radius 1 is 1.25 bits per heavy atom. The summed E-state index contributed by atoms with van der Waals surface area (Å²) in [5.74, 6) is 0.215.